The first-order chi connectivity index (χ1) is 16.0. The summed E-state index contributed by atoms with van der Waals surface area (Å²) in [4.78, 5) is 4.63. The molecule has 2 aromatic carbocycles. The second-order valence-corrected chi connectivity index (χ2v) is 9.27. The number of nitrogens with zero attached hydrogens (tertiary/aromatic N) is 3. The summed E-state index contributed by atoms with van der Waals surface area (Å²) in [7, 11) is 0. The molecule has 0 radical (unpaired) electrons. The number of aliphatic hydroxyl groups is 1. The third-order valence-corrected chi connectivity index (χ3v) is 7.52. The van der Waals surface area contributed by atoms with Crippen molar-refractivity contribution in [1.29, 1.82) is 0 Å². The third kappa shape index (κ3) is 3.47. The van der Waals surface area contributed by atoms with Gasteiger partial charge >= 0.3 is 0 Å². The first-order valence-corrected chi connectivity index (χ1v) is 11.4. The van der Waals surface area contributed by atoms with Crippen LogP contribution in [0.5, 0.6) is 0 Å². The fraction of sp³-hybridized carbons (Fsp3) is 0.286. The SMILES string of the molecule is C=N[C@]1([C@@H](O)/C=C/c2ccccc2)CCCC2=Cc3c(cnn3-c3ccc(F)cc3)C[C@@]21C. The Morgan fingerprint density at radius 1 is 1.18 bits per heavy atom. The van der Waals surface area contributed by atoms with E-state index in [1.807, 2.05) is 53.4 Å². The van der Waals surface area contributed by atoms with Crippen LogP contribution >= 0.6 is 0 Å². The van der Waals surface area contributed by atoms with E-state index >= 15 is 0 Å². The van der Waals surface area contributed by atoms with Gasteiger partial charge in [-0.25, -0.2) is 9.07 Å². The number of rotatable bonds is 5. The average molecular weight is 442 g/mol. The molecule has 1 fully saturated rings. The van der Waals surface area contributed by atoms with Crippen molar-refractivity contribution in [1.82, 2.24) is 9.78 Å². The van der Waals surface area contributed by atoms with Crippen molar-refractivity contribution >= 4 is 18.9 Å². The first-order valence-electron chi connectivity index (χ1n) is 11.4. The molecule has 1 heterocycles. The summed E-state index contributed by atoms with van der Waals surface area (Å²) in [6.45, 7) is 6.16. The first kappa shape index (κ1) is 21.5. The lowest BCUT2D eigenvalue weighted by molar-refractivity contribution is 0.0257. The number of aliphatic hydroxyl groups excluding tert-OH is 1. The van der Waals surface area contributed by atoms with Crippen LogP contribution in [0.4, 0.5) is 4.39 Å². The van der Waals surface area contributed by atoms with Crippen LogP contribution in [0.1, 0.15) is 43.0 Å². The minimum atomic E-state index is -0.766. The zero-order chi connectivity index (χ0) is 23.1. The fourth-order valence-corrected chi connectivity index (χ4v) is 5.64. The van der Waals surface area contributed by atoms with Crippen molar-refractivity contribution in [2.45, 2.75) is 44.2 Å². The van der Waals surface area contributed by atoms with E-state index in [0.717, 1.165) is 41.8 Å². The van der Waals surface area contributed by atoms with Crippen LogP contribution in [0.2, 0.25) is 0 Å². The molecule has 0 saturated heterocycles. The minimum Gasteiger partial charge on any atom is -0.386 e. The molecule has 3 aromatic rings. The molecule has 5 rings (SSSR count). The zero-order valence-electron chi connectivity index (χ0n) is 18.8. The molecule has 2 aliphatic carbocycles. The lowest BCUT2D eigenvalue weighted by Gasteiger charge is -2.54. The summed E-state index contributed by atoms with van der Waals surface area (Å²) < 4.78 is 15.3. The van der Waals surface area contributed by atoms with E-state index < -0.39 is 11.6 Å². The summed E-state index contributed by atoms with van der Waals surface area (Å²) >= 11 is 0. The number of benzene rings is 2. The van der Waals surface area contributed by atoms with Crippen LogP contribution in [0.25, 0.3) is 17.8 Å². The molecule has 3 atom stereocenters. The third-order valence-electron chi connectivity index (χ3n) is 7.52. The summed E-state index contributed by atoms with van der Waals surface area (Å²) in [5.74, 6) is -0.266. The number of hydrogen-bond donors (Lipinski definition) is 1. The molecule has 1 N–H and O–H groups in total. The van der Waals surface area contributed by atoms with Gasteiger partial charge in [0.05, 0.1) is 29.2 Å². The Kier molecular flexibility index (Phi) is 5.37. The highest BCUT2D eigenvalue weighted by atomic mass is 19.1. The summed E-state index contributed by atoms with van der Waals surface area (Å²) in [5.41, 5.74) is 4.13. The largest absolute Gasteiger partial charge is 0.386 e. The second kappa shape index (κ2) is 8.23. The Labute approximate surface area is 193 Å². The van der Waals surface area contributed by atoms with Crippen molar-refractivity contribution in [2.75, 3.05) is 0 Å². The minimum absolute atomic E-state index is 0.266. The topological polar surface area (TPSA) is 50.4 Å². The number of fused-ring (bicyclic) bond motifs is 2. The number of aliphatic imine (C=N–C) groups is 1. The molecule has 0 spiro atoms. The molecular formula is C28H28FN3O. The molecule has 168 valence electrons. The van der Waals surface area contributed by atoms with Gasteiger partial charge in [0.25, 0.3) is 0 Å². The molecule has 2 aliphatic rings. The van der Waals surface area contributed by atoms with Gasteiger partial charge < -0.3 is 5.11 Å². The van der Waals surface area contributed by atoms with E-state index in [1.165, 1.54) is 17.7 Å². The molecule has 0 amide bonds. The molecule has 33 heavy (non-hydrogen) atoms. The van der Waals surface area contributed by atoms with Crippen molar-refractivity contribution in [3.05, 3.63) is 95.1 Å². The van der Waals surface area contributed by atoms with Gasteiger partial charge in [-0.05, 0) is 73.9 Å². The van der Waals surface area contributed by atoms with Gasteiger partial charge in [-0.1, -0.05) is 55.0 Å². The van der Waals surface area contributed by atoms with E-state index in [9.17, 15) is 9.50 Å². The highest BCUT2D eigenvalue weighted by Crippen LogP contribution is 2.56. The van der Waals surface area contributed by atoms with Crippen LogP contribution < -0.4 is 0 Å². The Balaban J connectivity index is 1.53. The van der Waals surface area contributed by atoms with Crippen LogP contribution in [-0.2, 0) is 6.42 Å². The van der Waals surface area contributed by atoms with Gasteiger partial charge in [-0.2, -0.15) is 5.10 Å². The number of halogens is 1. The van der Waals surface area contributed by atoms with Crippen molar-refractivity contribution < 1.29 is 9.50 Å². The zero-order valence-corrected chi connectivity index (χ0v) is 18.8. The monoisotopic (exact) mass is 441 g/mol. The van der Waals surface area contributed by atoms with Gasteiger partial charge in [-0.3, -0.25) is 4.99 Å². The maximum Gasteiger partial charge on any atom is 0.123 e. The molecule has 1 saturated carbocycles. The van der Waals surface area contributed by atoms with Crippen molar-refractivity contribution in [2.24, 2.45) is 10.4 Å². The maximum absolute atomic E-state index is 13.4. The molecule has 0 unspecified atom stereocenters. The second-order valence-electron chi connectivity index (χ2n) is 9.27. The normalized spacial score (nSPS) is 25.2. The smallest absolute Gasteiger partial charge is 0.123 e. The van der Waals surface area contributed by atoms with Gasteiger partial charge in [0.15, 0.2) is 0 Å². The van der Waals surface area contributed by atoms with E-state index in [1.54, 1.807) is 12.1 Å². The lowest BCUT2D eigenvalue weighted by Crippen LogP contribution is -2.57. The highest BCUT2D eigenvalue weighted by Gasteiger charge is 2.56. The highest BCUT2D eigenvalue weighted by molar-refractivity contribution is 5.63. The van der Waals surface area contributed by atoms with Crippen LogP contribution in [0.15, 0.2) is 77.4 Å². The molecule has 5 heteroatoms. The quantitative estimate of drug-likeness (QED) is 0.520. The Morgan fingerprint density at radius 3 is 2.67 bits per heavy atom. The lowest BCUT2D eigenvalue weighted by atomic mass is 9.54. The standard InChI is InChI=1S/C28H28FN3O/c1-27-18-21-19-31-32(24-13-11-23(29)12-14-24)25(21)17-22(27)9-6-16-28(27,30-2)26(33)15-10-20-7-4-3-5-8-20/h3-5,7-8,10-15,17,19,26,33H,2,6,9,16,18H2,1H3/b15-10+/t26-,27-,28-/m0/s1. The van der Waals surface area contributed by atoms with Gasteiger partial charge in [0.1, 0.15) is 5.82 Å². The van der Waals surface area contributed by atoms with E-state index in [-0.39, 0.29) is 11.2 Å². The van der Waals surface area contributed by atoms with Crippen molar-refractivity contribution in [3.63, 3.8) is 0 Å². The molecule has 4 nitrogen and oxygen atoms in total. The Morgan fingerprint density at radius 2 is 1.94 bits per heavy atom. The van der Waals surface area contributed by atoms with Gasteiger partial charge in [0.2, 0.25) is 0 Å². The van der Waals surface area contributed by atoms with Crippen LogP contribution in [-0.4, -0.2) is 33.2 Å². The number of hydrogen-bond acceptors (Lipinski definition) is 3. The molecular weight excluding hydrogens is 413 g/mol. The summed E-state index contributed by atoms with van der Waals surface area (Å²) in [6.07, 6.45) is 10.5. The summed E-state index contributed by atoms with van der Waals surface area (Å²) in [5, 5.41) is 16.1. The van der Waals surface area contributed by atoms with E-state index in [0.29, 0.717) is 6.42 Å². The molecule has 0 aliphatic heterocycles. The van der Waals surface area contributed by atoms with Crippen LogP contribution in [0, 0.1) is 11.2 Å². The molecule has 0 bridgehead atoms. The van der Waals surface area contributed by atoms with Crippen LogP contribution in [0.3, 0.4) is 0 Å². The van der Waals surface area contributed by atoms with E-state index in [4.69, 9.17) is 0 Å². The predicted octanol–water partition coefficient (Wildman–Crippen LogP) is 5.65. The average Bonchev–Trinajstić information content (AvgIpc) is 3.23. The fourth-order valence-electron chi connectivity index (χ4n) is 5.64. The summed E-state index contributed by atoms with van der Waals surface area (Å²) in [6, 6.07) is 16.4. The molecule has 1 aromatic heterocycles. The Bertz CT molecular complexity index is 1230. The predicted molar refractivity (Wildman–Crippen MR) is 131 cm³/mol. The van der Waals surface area contributed by atoms with Crippen molar-refractivity contribution in [3.8, 4) is 5.69 Å². The van der Waals surface area contributed by atoms with E-state index in [2.05, 4.69) is 29.8 Å². The maximum atomic E-state index is 13.4. The Hall–Kier alpha value is -3.31. The van der Waals surface area contributed by atoms with Gasteiger partial charge in [0, 0.05) is 5.41 Å². The number of aromatic nitrogens is 2. The van der Waals surface area contributed by atoms with Gasteiger partial charge in [-0.15, -0.1) is 0 Å².